The van der Waals surface area contributed by atoms with E-state index in [1.54, 1.807) is 30.3 Å². The fourth-order valence-corrected chi connectivity index (χ4v) is 4.49. The van der Waals surface area contributed by atoms with Gasteiger partial charge in [-0.1, -0.05) is 18.9 Å². The quantitative estimate of drug-likeness (QED) is 0.788. The summed E-state index contributed by atoms with van der Waals surface area (Å²) in [4.78, 5) is 27.3. The summed E-state index contributed by atoms with van der Waals surface area (Å²) in [6.07, 6.45) is 5.96. The zero-order chi connectivity index (χ0) is 18.1. The molecule has 2 amide bonds. The van der Waals surface area contributed by atoms with Gasteiger partial charge in [-0.15, -0.1) is 0 Å². The van der Waals surface area contributed by atoms with Crippen LogP contribution in [0.5, 0.6) is 0 Å². The normalized spacial score (nSPS) is 22.1. The van der Waals surface area contributed by atoms with Crippen LogP contribution in [-0.2, 0) is 0 Å². The Morgan fingerprint density at radius 3 is 2.77 bits per heavy atom. The highest BCUT2D eigenvalue weighted by Crippen LogP contribution is 2.37. The summed E-state index contributed by atoms with van der Waals surface area (Å²) in [5, 5.41) is 2.79. The van der Waals surface area contributed by atoms with Crippen molar-refractivity contribution in [1.82, 2.24) is 4.90 Å². The highest BCUT2D eigenvalue weighted by atomic mass is 79.9. The van der Waals surface area contributed by atoms with E-state index in [1.807, 2.05) is 11.0 Å². The molecule has 1 aliphatic heterocycles. The molecule has 2 unspecified atom stereocenters. The summed E-state index contributed by atoms with van der Waals surface area (Å²) in [7, 11) is 0. The first kappa shape index (κ1) is 17.3. The molecule has 2 fully saturated rings. The fraction of sp³-hybridized carbons (Fsp3) is 0.400. The Bertz CT molecular complexity index is 832. The number of furan rings is 1. The van der Waals surface area contributed by atoms with Crippen LogP contribution in [0.3, 0.4) is 0 Å². The summed E-state index contributed by atoms with van der Waals surface area (Å²) in [5.41, 5.74) is 1.21. The summed E-state index contributed by atoms with van der Waals surface area (Å²) in [6, 6.07) is 10.8. The van der Waals surface area contributed by atoms with Crippen molar-refractivity contribution in [2.45, 2.75) is 38.1 Å². The average Bonchev–Trinajstić information content (AvgIpc) is 3.27. The lowest BCUT2D eigenvalue weighted by atomic mass is 9.85. The standard InChI is InChI=1S/C20H21BrN2O3/c21-18-9-8-17(26-18)19(24)22-15-6-3-5-14(12-15)20(25)23-11-10-13-4-1-2-7-16(13)23/h3,5-6,8-9,12-13,16H,1-2,4,7,10-11H2,(H,22,24). The first-order valence-electron chi connectivity index (χ1n) is 9.09. The van der Waals surface area contributed by atoms with Crippen molar-refractivity contribution < 1.29 is 14.0 Å². The summed E-state index contributed by atoms with van der Waals surface area (Å²) >= 11 is 3.19. The second-order valence-corrected chi connectivity index (χ2v) is 7.82. The third-order valence-electron chi connectivity index (χ3n) is 5.44. The maximum absolute atomic E-state index is 13.0. The van der Waals surface area contributed by atoms with E-state index >= 15 is 0 Å². The first-order valence-corrected chi connectivity index (χ1v) is 9.89. The van der Waals surface area contributed by atoms with Crippen molar-refractivity contribution in [2.24, 2.45) is 5.92 Å². The van der Waals surface area contributed by atoms with E-state index in [0.29, 0.717) is 27.9 Å². The molecule has 1 saturated carbocycles. The van der Waals surface area contributed by atoms with Crippen LogP contribution >= 0.6 is 15.9 Å². The lowest BCUT2D eigenvalue weighted by Crippen LogP contribution is -2.39. The van der Waals surface area contributed by atoms with E-state index in [4.69, 9.17) is 4.42 Å². The molecule has 2 heterocycles. The van der Waals surface area contributed by atoms with E-state index in [9.17, 15) is 9.59 Å². The van der Waals surface area contributed by atoms with Gasteiger partial charge in [-0.2, -0.15) is 0 Å². The van der Waals surface area contributed by atoms with Gasteiger partial charge in [0.25, 0.3) is 11.8 Å². The van der Waals surface area contributed by atoms with E-state index in [1.165, 1.54) is 19.3 Å². The van der Waals surface area contributed by atoms with Crippen molar-refractivity contribution in [3.8, 4) is 0 Å². The van der Waals surface area contributed by atoms with Gasteiger partial charge in [0.15, 0.2) is 10.4 Å². The summed E-state index contributed by atoms with van der Waals surface area (Å²) < 4.78 is 5.77. The molecule has 1 aromatic carbocycles. The number of carbonyl (C=O) groups excluding carboxylic acids is 2. The zero-order valence-electron chi connectivity index (χ0n) is 14.4. The van der Waals surface area contributed by atoms with Gasteiger partial charge in [-0.3, -0.25) is 9.59 Å². The molecule has 26 heavy (non-hydrogen) atoms. The van der Waals surface area contributed by atoms with Crippen molar-refractivity contribution in [1.29, 1.82) is 0 Å². The average molecular weight is 417 g/mol. The first-order chi connectivity index (χ1) is 12.6. The third-order valence-corrected chi connectivity index (χ3v) is 5.86. The van der Waals surface area contributed by atoms with Gasteiger partial charge in [0.2, 0.25) is 0 Å². The summed E-state index contributed by atoms with van der Waals surface area (Å²) in [5.74, 6) is 0.608. The molecule has 1 aromatic heterocycles. The number of fused-ring (bicyclic) bond motifs is 1. The Balaban J connectivity index is 1.48. The SMILES string of the molecule is O=C(Nc1cccc(C(=O)N2CCC3CCCCC32)c1)c1ccc(Br)o1. The number of nitrogens with zero attached hydrogens (tertiary/aromatic N) is 1. The second kappa shape index (κ2) is 7.27. The van der Waals surface area contributed by atoms with Gasteiger partial charge < -0.3 is 14.6 Å². The molecule has 0 radical (unpaired) electrons. The number of halogens is 1. The Hall–Kier alpha value is -2.08. The molecule has 0 spiro atoms. The number of amides is 2. The molecule has 2 atom stereocenters. The van der Waals surface area contributed by atoms with Gasteiger partial charge in [-0.25, -0.2) is 0 Å². The van der Waals surface area contributed by atoms with E-state index < -0.39 is 0 Å². The Morgan fingerprint density at radius 2 is 1.96 bits per heavy atom. The van der Waals surface area contributed by atoms with Gasteiger partial charge in [0.05, 0.1) is 0 Å². The number of nitrogens with one attached hydrogen (secondary N) is 1. The molecule has 1 N–H and O–H groups in total. The molecular weight excluding hydrogens is 396 g/mol. The minimum Gasteiger partial charge on any atom is -0.444 e. The zero-order valence-corrected chi connectivity index (χ0v) is 16.0. The smallest absolute Gasteiger partial charge is 0.291 e. The van der Waals surface area contributed by atoms with Gasteiger partial charge in [0, 0.05) is 23.8 Å². The minimum atomic E-state index is -0.339. The van der Waals surface area contributed by atoms with E-state index in [0.717, 1.165) is 19.4 Å². The Morgan fingerprint density at radius 1 is 1.12 bits per heavy atom. The van der Waals surface area contributed by atoms with Crippen LogP contribution < -0.4 is 5.32 Å². The minimum absolute atomic E-state index is 0.0660. The highest BCUT2D eigenvalue weighted by Gasteiger charge is 2.38. The maximum atomic E-state index is 13.0. The monoisotopic (exact) mass is 416 g/mol. The second-order valence-electron chi connectivity index (χ2n) is 7.04. The molecule has 1 saturated heterocycles. The van der Waals surface area contributed by atoms with Crippen molar-refractivity contribution >= 4 is 33.4 Å². The number of anilines is 1. The number of hydrogen-bond donors (Lipinski definition) is 1. The highest BCUT2D eigenvalue weighted by molar-refractivity contribution is 9.10. The molecule has 136 valence electrons. The largest absolute Gasteiger partial charge is 0.444 e. The molecule has 2 aromatic rings. The van der Waals surface area contributed by atoms with Crippen LogP contribution in [0.4, 0.5) is 5.69 Å². The molecule has 4 rings (SSSR count). The van der Waals surface area contributed by atoms with Crippen molar-refractivity contribution in [2.75, 3.05) is 11.9 Å². The van der Waals surface area contributed by atoms with Gasteiger partial charge >= 0.3 is 0 Å². The number of carbonyl (C=O) groups is 2. The molecule has 0 bridgehead atoms. The van der Waals surface area contributed by atoms with E-state index in [2.05, 4.69) is 21.2 Å². The Labute approximate surface area is 160 Å². The van der Waals surface area contributed by atoms with E-state index in [-0.39, 0.29) is 17.6 Å². The van der Waals surface area contributed by atoms with Crippen LogP contribution in [0.15, 0.2) is 45.5 Å². The molecule has 1 aliphatic carbocycles. The van der Waals surface area contributed by atoms with Crippen LogP contribution in [0.1, 0.15) is 53.0 Å². The van der Waals surface area contributed by atoms with Crippen molar-refractivity contribution in [3.05, 3.63) is 52.4 Å². The predicted molar refractivity (Wildman–Crippen MR) is 102 cm³/mol. The fourth-order valence-electron chi connectivity index (χ4n) is 4.18. The lowest BCUT2D eigenvalue weighted by Gasteiger charge is -2.31. The van der Waals surface area contributed by atoms with Gasteiger partial charge in [0.1, 0.15) is 0 Å². The maximum Gasteiger partial charge on any atom is 0.291 e. The molecule has 2 aliphatic rings. The van der Waals surface area contributed by atoms with Gasteiger partial charge in [-0.05, 0) is 71.4 Å². The van der Waals surface area contributed by atoms with Crippen LogP contribution in [0.25, 0.3) is 0 Å². The number of benzene rings is 1. The molecule has 6 heteroatoms. The molecule has 5 nitrogen and oxygen atoms in total. The topological polar surface area (TPSA) is 62.6 Å². The number of hydrogen-bond acceptors (Lipinski definition) is 3. The Kier molecular flexibility index (Phi) is 4.85. The third kappa shape index (κ3) is 3.43. The lowest BCUT2D eigenvalue weighted by molar-refractivity contribution is 0.0690. The van der Waals surface area contributed by atoms with Crippen molar-refractivity contribution in [3.63, 3.8) is 0 Å². The predicted octanol–water partition coefficient (Wildman–Crippen LogP) is 4.70. The van der Waals surface area contributed by atoms with Crippen LogP contribution in [0.2, 0.25) is 0 Å². The van der Waals surface area contributed by atoms with Crippen LogP contribution in [-0.4, -0.2) is 29.3 Å². The summed E-state index contributed by atoms with van der Waals surface area (Å²) in [6.45, 7) is 0.838. The van der Waals surface area contributed by atoms with Crippen LogP contribution in [0, 0.1) is 5.92 Å². The number of likely N-dealkylation sites (tertiary alicyclic amines) is 1. The molecular formula is C20H21BrN2O3. The number of rotatable bonds is 3.